The zero-order chi connectivity index (χ0) is 14.5. The van der Waals surface area contributed by atoms with Crippen molar-refractivity contribution in [1.82, 2.24) is 15.1 Å². The lowest BCUT2D eigenvalue weighted by atomic mass is 10.1. The predicted molar refractivity (Wildman–Crippen MR) is 80.9 cm³/mol. The van der Waals surface area contributed by atoms with Gasteiger partial charge in [0.2, 0.25) is 5.91 Å². The summed E-state index contributed by atoms with van der Waals surface area (Å²) in [6, 6.07) is 10.4. The number of hydrogen-bond acceptors (Lipinski definition) is 4. The van der Waals surface area contributed by atoms with Crippen molar-refractivity contribution in [3.63, 3.8) is 0 Å². The minimum atomic E-state index is -0.0828. The normalized spacial score (nSPS) is 24.0. The number of piperazine rings is 1. The van der Waals surface area contributed by atoms with E-state index in [0.29, 0.717) is 13.2 Å². The topological polar surface area (TPSA) is 44.8 Å². The third-order valence-corrected chi connectivity index (χ3v) is 4.13. The van der Waals surface area contributed by atoms with Crippen molar-refractivity contribution in [2.24, 2.45) is 0 Å². The van der Waals surface area contributed by atoms with Gasteiger partial charge in [0.15, 0.2) is 0 Å². The first-order chi connectivity index (χ1) is 10.3. The Hall–Kier alpha value is -1.43. The summed E-state index contributed by atoms with van der Waals surface area (Å²) in [5.74, 6) is 0.219. The van der Waals surface area contributed by atoms with Crippen molar-refractivity contribution >= 4 is 5.91 Å². The van der Waals surface area contributed by atoms with Crippen LogP contribution in [0, 0.1) is 0 Å². The Morgan fingerprint density at radius 2 is 1.95 bits per heavy atom. The largest absolute Gasteiger partial charge is 0.378 e. The lowest BCUT2D eigenvalue weighted by Gasteiger charge is -2.36. The van der Waals surface area contributed by atoms with Gasteiger partial charge in [-0.25, -0.2) is 0 Å². The van der Waals surface area contributed by atoms with Crippen molar-refractivity contribution in [2.75, 3.05) is 45.9 Å². The van der Waals surface area contributed by atoms with Crippen LogP contribution in [0.3, 0.4) is 0 Å². The van der Waals surface area contributed by atoms with Gasteiger partial charge in [-0.15, -0.1) is 0 Å². The maximum absolute atomic E-state index is 12.5. The van der Waals surface area contributed by atoms with Crippen molar-refractivity contribution in [3.05, 3.63) is 35.9 Å². The maximum Gasteiger partial charge on any atom is 0.241 e. The number of hydrogen-bond donors (Lipinski definition) is 1. The van der Waals surface area contributed by atoms with Gasteiger partial charge in [0, 0.05) is 39.3 Å². The summed E-state index contributed by atoms with van der Waals surface area (Å²) in [5, 5.41) is 3.36. The average molecular weight is 289 g/mol. The minimum Gasteiger partial charge on any atom is -0.378 e. The van der Waals surface area contributed by atoms with Gasteiger partial charge >= 0.3 is 0 Å². The minimum absolute atomic E-state index is 0.0828. The van der Waals surface area contributed by atoms with Crippen molar-refractivity contribution in [3.8, 4) is 0 Å². The molecule has 0 spiro atoms. The first-order valence-corrected chi connectivity index (χ1v) is 7.69. The fraction of sp³-hybridized carbons (Fsp3) is 0.562. The quantitative estimate of drug-likeness (QED) is 0.870. The van der Waals surface area contributed by atoms with E-state index in [0.717, 1.165) is 39.3 Å². The van der Waals surface area contributed by atoms with Crippen LogP contribution >= 0.6 is 0 Å². The molecule has 2 saturated heterocycles. The van der Waals surface area contributed by atoms with Crippen LogP contribution in [-0.2, 0) is 16.1 Å². The molecular weight excluding hydrogens is 266 g/mol. The molecule has 0 aliphatic carbocycles. The molecule has 2 fully saturated rings. The number of amides is 1. The molecule has 2 aliphatic heterocycles. The molecule has 1 aromatic carbocycles. The first-order valence-electron chi connectivity index (χ1n) is 7.69. The van der Waals surface area contributed by atoms with Crippen LogP contribution in [-0.4, -0.2) is 67.7 Å². The number of nitrogens with zero attached hydrogens (tertiary/aromatic N) is 2. The Morgan fingerprint density at radius 1 is 1.19 bits per heavy atom. The van der Waals surface area contributed by atoms with E-state index in [2.05, 4.69) is 34.5 Å². The number of carbonyl (C=O) groups excluding carboxylic acids is 1. The molecule has 5 heteroatoms. The molecule has 2 aliphatic rings. The molecule has 0 aromatic heterocycles. The number of rotatable bonds is 3. The van der Waals surface area contributed by atoms with Gasteiger partial charge in [-0.1, -0.05) is 30.3 Å². The van der Waals surface area contributed by atoms with E-state index in [9.17, 15) is 4.79 Å². The van der Waals surface area contributed by atoms with Crippen LogP contribution < -0.4 is 5.32 Å². The number of ether oxygens (including phenoxy) is 1. The van der Waals surface area contributed by atoms with Crippen LogP contribution in [0.4, 0.5) is 0 Å². The van der Waals surface area contributed by atoms with Gasteiger partial charge in [-0.05, 0) is 5.56 Å². The molecule has 1 aromatic rings. The molecule has 1 amide bonds. The number of nitrogens with one attached hydrogen (secondary N) is 1. The van der Waals surface area contributed by atoms with Gasteiger partial charge in [0.25, 0.3) is 0 Å². The van der Waals surface area contributed by atoms with Crippen molar-refractivity contribution in [1.29, 1.82) is 0 Å². The molecule has 3 rings (SSSR count). The van der Waals surface area contributed by atoms with E-state index < -0.39 is 0 Å². The molecule has 114 valence electrons. The SMILES string of the molecule is O=C(C1CN(Cc2ccccc2)CCN1)N1CCOCC1. The molecule has 0 saturated carbocycles. The highest BCUT2D eigenvalue weighted by Crippen LogP contribution is 2.10. The predicted octanol–water partition coefficient (Wildman–Crippen LogP) is 0.319. The summed E-state index contributed by atoms with van der Waals surface area (Å²) < 4.78 is 5.31. The van der Waals surface area contributed by atoms with Crippen LogP contribution in [0.5, 0.6) is 0 Å². The molecule has 1 unspecified atom stereocenters. The maximum atomic E-state index is 12.5. The number of benzene rings is 1. The summed E-state index contributed by atoms with van der Waals surface area (Å²) in [5.41, 5.74) is 1.30. The van der Waals surface area contributed by atoms with E-state index in [1.54, 1.807) is 0 Å². The van der Waals surface area contributed by atoms with Crippen LogP contribution in [0.25, 0.3) is 0 Å². The summed E-state index contributed by atoms with van der Waals surface area (Å²) in [6.07, 6.45) is 0. The van der Waals surface area contributed by atoms with Gasteiger partial charge in [-0.3, -0.25) is 9.69 Å². The van der Waals surface area contributed by atoms with E-state index >= 15 is 0 Å². The van der Waals surface area contributed by atoms with Crippen LogP contribution in [0.15, 0.2) is 30.3 Å². The molecule has 1 atom stereocenters. The average Bonchev–Trinajstić information content (AvgIpc) is 2.56. The molecular formula is C16H23N3O2. The highest BCUT2D eigenvalue weighted by Gasteiger charge is 2.29. The summed E-state index contributed by atoms with van der Waals surface area (Å²) in [6.45, 7) is 6.31. The molecule has 21 heavy (non-hydrogen) atoms. The standard InChI is InChI=1S/C16H23N3O2/c20-16(19-8-10-21-11-9-19)15-13-18(7-6-17-15)12-14-4-2-1-3-5-14/h1-5,15,17H,6-13H2. The Balaban J connectivity index is 1.56. The molecule has 2 heterocycles. The summed E-state index contributed by atoms with van der Waals surface area (Å²) >= 11 is 0. The van der Waals surface area contributed by atoms with Crippen molar-refractivity contribution < 1.29 is 9.53 Å². The van der Waals surface area contributed by atoms with Gasteiger partial charge in [0.05, 0.1) is 19.3 Å². The Bertz CT molecular complexity index is 460. The number of morpholine rings is 1. The highest BCUT2D eigenvalue weighted by molar-refractivity contribution is 5.82. The van der Waals surface area contributed by atoms with E-state index in [1.807, 2.05) is 11.0 Å². The Morgan fingerprint density at radius 3 is 2.71 bits per heavy atom. The third-order valence-electron chi connectivity index (χ3n) is 4.13. The second-order valence-electron chi connectivity index (χ2n) is 5.67. The van der Waals surface area contributed by atoms with E-state index in [1.165, 1.54) is 5.56 Å². The highest BCUT2D eigenvalue weighted by atomic mass is 16.5. The van der Waals surface area contributed by atoms with Crippen LogP contribution in [0.2, 0.25) is 0 Å². The van der Waals surface area contributed by atoms with E-state index in [4.69, 9.17) is 4.74 Å². The third kappa shape index (κ3) is 3.81. The summed E-state index contributed by atoms with van der Waals surface area (Å²) in [4.78, 5) is 16.8. The Labute approximate surface area is 125 Å². The first kappa shape index (κ1) is 14.5. The fourth-order valence-corrected chi connectivity index (χ4v) is 2.97. The van der Waals surface area contributed by atoms with Gasteiger partial charge in [0.1, 0.15) is 0 Å². The van der Waals surface area contributed by atoms with Gasteiger partial charge in [-0.2, -0.15) is 0 Å². The molecule has 0 radical (unpaired) electrons. The smallest absolute Gasteiger partial charge is 0.241 e. The summed E-state index contributed by atoms with van der Waals surface area (Å²) in [7, 11) is 0. The van der Waals surface area contributed by atoms with Crippen LogP contribution in [0.1, 0.15) is 5.56 Å². The second kappa shape index (κ2) is 7.02. The van der Waals surface area contributed by atoms with Gasteiger partial charge < -0.3 is 15.0 Å². The lowest BCUT2D eigenvalue weighted by molar-refractivity contribution is -0.138. The molecule has 1 N–H and O–H groups in total. The number of carbonyl (C=O) groups is 1. The Kier molecular flexibility index (Phi) is 4.85. The van der Waals surface area contributed by atoms with Crippen molar-refractivity contribution in [2.45, 2.75) is 12.6 Å². The molecule has 0 bridgehead atoms. The van der Waals surface area contributed by atoms with E-state index in [-0.39, 0.29) is 11.9 Å². The second-order valence-corrected chi connectivity index (χ2v) is 5.67. The lowest BCUT2D eigenvalue weighted by Crippen LogP contribution is -2.58. The zero-order valence-electron chi connectivity index (χ0n) is 12.3. The monoisotopic (exact) mass is 289 g/mol. The fourth-order valence-electron chi connectivity index (χ4n) is 2.97. The molecule has 5 nitrogen and oxygen atoms in total. The zero-order valence-corrected chi connectivity index (χ0v) is 12.3.